The molecule has 0 amide bonds. The van der Waals surface area contributed by atoms with Gasteiger partial charge in [0.05, 0.1) is 5.69 Å². The number of ether oxygens (including phenoxy) is 4. The lowest BCUT2D eigenvalue weighted by atomic mass is 10.00. The lowest BCUT2D eigenvalue weighted by Gasteiger charge is -2.20. The molecule has 6 heteroatoms. The van der Waals surface area contributed by atoms with Crippen molar-refractivity contribution in [1.82, 2.24) is 9.88 Å². The van der Waals surface area contributed by atoms with Crippen molar-refractivity contribution in [2.75, 3.05) is 26.7 Å². The van der Waals surface area contributed by atoms with Crippen molar-refractivity contribution in [3.8, 4) is 34.3 Å². The molecular weight excluding hydrogens is 356 g/mol. The zero-order valence-electron chi connectivity index (χ0n) is 16.0. The lowest BCUT2D eigenvalue weighted by Crippen LogP contribution is -2.22. The summed E-state index contributed by atoms with van der Waals surface area (Å²) < 4.78 is 22.3. The van der Waals surface area contributed by atoms with E-state index in [1.165, 1.54) is 5.56 Å². The summed E-state index contributed by atoms with van der Waals surface area (Å²) in [4.78, 5) is 7.12. The Morgan fingerprint density at radius 1 is 0.893 bits per heavy atom. The van der Waals surface area contributed by atoms with Gasteiger partial charge in [0.2, 0.25) is 13.6 Å². The highest BCUT2D eigenvalue weighted by Crippen LogP contribution is 2.42. The quantitative estimate of drug-likeness (QED) is 0.663. The van der Waals surface area contributed by atoms with Crippen LogP contribution in [-0.4, -0.2) is 36.6 Å². The van der Waals surface area contributed by atoms with Crippen molar-refractivity contribution in [1.29, 1.82) is 0 Å². The second-order valence-corrected chi connectivity index (χ2v) is 6.91. The van der Waals surface area contributed by atoms with Gasteiger partial charge in [-0.2, -0.15) is 0 Å². The van der Waals surface area contributed by atoms with Crippen LogP contribution >= 0.6 is 0 Å². The molecule has 0 N–H and O–H groups in total. The van der Waals surface area contributed by atoms with Crippen LogP contribution in [0, 0.1) is 0 Å². The largest absolute Gasteiger partial charge is 0.454 e. The highest BCUT2D eigenvalue weighted by molar-refractivity contribution is 5.93. The molecule has 0 radical (unpaired) electrons. The topological polar surface area (TPSA) is 53.1 Å². The molecule has 0 bridgehead atoms. The molecule has 1 aromatic heterocycles. The van der Waals surface area contributed by atoms with Crippen LogP contribution in [0.5, 0.6) is 23.0 Å². The van der Waals surface area contributed by atoms with E-state index in [4.69, 9.17) is 23.9 Å². The molecule has 6 nitrogen and oxygen atoms in total. The van der Waals surface area contributed by atoms with Gasteiger partial charge >= 0.3 is 0 Å². The Bertz CT molecular complexity index is 1050. The summed E-state index contributed by atoms with van der Waals surface area (Å²) in [5.74, 6) is 3.11. The molecule has 0 spiro atoms. The fourth-order valence-electron chi connectivity index (χ4n) is 3.78. The van der Waals surface area contributed by atoms with Gasteiger partial charge in [-0.3, -0.25) is 9.88 Å². The highest BCUT2D eigenvalue weighted by Gasteiger charge is 2.21. The number of hydrogen-bond donors (Lipinski definition) is 0. The van der Waals surface area contributed by atoms with Crippen LogP contribution in [0.4, 0.5) is 0 Å². The zero-order chi connectivity index (χ0) is 19.1. The lowest BCUT2D eigenvalue weighted by molar-refractivity contribution is 0.174. The van der Waals surface area contributed by atoms with Crippen LogP contribution < -0.4 is 18.9 Å². The van der Waals surface area contributed by atoms with E-state index in [0.29, 0.717) is 0 Å². The molecule has 3 aromatic rings. The molecule has 2 aromatic carbocycles. The predicted octanol–water partition coefficient (Wildman–Crippen LogP) is 4.20. The summed E-state index contributed by atoms with van der Waals surface area (Å²) in [6.45, 7) is 7.67. The summed E-state index contributed by atoms with van der Waals surface area (Å²) in [5, 5.41) is 2.03. The molecule has 0 fully saturated rings. The van der Waals surface area contributed by atoms with Crippen molar-refractivity contribution in [3.63, 3.8) is 0 Å². The molecule has 3 heterocycles. The molecule has 28 heavy (non-hydrogen) atoms. The van der Waals surface area contributed by atoms with Gasteiger partial charge in [0.25, 0.3) is 0 Å². The Morgan fingerprint density at radius 3 is 2.46 bits per heavy atom. The van der Waals surface area contributed by atoms with Crippen molar-refractivity contribution in [3.05, 3.63) is 42.1 Å². The first kappa shape index (κ1) is 17.1. The molecule has 0 saturated heterocycles. The minimum atomic E-state index is 0.256. The predicted molar refractivity (Wildman–Crippen MR) is 106 cm³/mol. The number of hydrogen-bond acceptors (Lipinski definition) is 6. The van der Waals surface area contributed by atoms with Crippen LogP contribution in [0.1, 0.15) is 19.4 Å². The summed E-state index contributed by atoms with van der Waals surface area (Å²) >= 11 is 0. The number of benzene rings is 2. The smallest absolute Gasteiger partial charge is 0.231 e. The first-order valence-electron chi connectivity index (χ1n) is 9.60. The summed E-state index contributed by atoms with van der Waals surface area (Å²) in [5.41, 5.74) is 3.16. The van der Waals surface area contributed by atoms with Crippen LogP contribution in [0.2, 0.25) is 0 Å². The van der Waals surface area contributed by atoms with Crippen molar-refractivity contribution >= 4 is 10.8 Å². The van der Waals surface area contributed by atoms with E-state index in [1.807, 2.05) is 24.4 Å². The van der Waals surface area contributed by atoms with E-state index in [2.05, 4.69) is 30.9 Å². The van der Waals surface area contributed by atoms with Crippen molar-refractivity contribution < 1.29 is 18.9 Å². The van der Waals surface area contributed by atoms with E-state index < -0.39 is 0 Å². The number of pyridine rings is 1. The third kappa shape index (κ3) is 2.81. The summed E-state index contributed by atoms with van der Waals surface area (Å²) in [6, 6.07) is 10.2. The van der Waals surface area contributed by atoms with Crippen molar-refractivity contribution in [2.24, 2.45) is 0 Å². The van der Waals surface area contributed by atoms with Crippen LogP contribution in [-0.2, 0) is 6.54 Å². The minimum absolute atomic E-state index is 0.256. The fraction of sp³-hybridized carbons (Fsp3) is 0.318. The van der Waals surface area contributed by atoms with Crippen molar-refractivity contribution in [2.45, 2.75) is 20.4 Å². The normalized spacial score (nSPS) is 14.2. The van der Waals surface area contributed by atoms with E-state index in [0.717, 1.165) is 64.7 Å². The number of fused-ring (bicyclic) bond motifs is 4. The van der Waals surface area contributed by atoms with E-state index >= 15 is 0 Å². The molecule has 0 saturated carbocycles. The van der Waals surface area contributed by atoms with E-state index in [9.17, 15) is 0 Å². The average Bonchev–Trinajstić information content (AvgIpc) is 3.39. The van der Waals surface area contributed by atoms with Gasteiger partial charge < -0.3 is 18.9 Å². The third-order valence-corrected chi connectivity index (χ3v) is 5.40. The molecule has 0 atom stereocenters. The van der Waals surface area contributed by atoms with Gasteiger partial charge in [0.15, 0.2) is 23.0 Å². The Hall–Kier alpha value is -2.99. The Labute approximate surface area is 163 Å². The monoisotopic (exact) mass is 378 g/mol. The molecule has 2 aliphatic heterocycles. The average molecular weight is 378 g/mol. The third-order valence-electron chi connectivity index (χ3n) is 5.40. The minimum Gasteiger partial charge on any atom is -0.454 e. The molecular formula is C22H22N2O4. The van der Waals surface area contributed by atoms with Gasteiger partial charge in [-0.05, 0) is 48.3 Å². The maximum absolute atomic E-state index is 5.62. The van der Waals surface area contributed by atoms with Crippen LogP contribution in [0.15, 0.2) is 36.5 Å². The first-order valence-corrected chi connectivity index (χ1v) is 9.60. The standard InChI is InChI=1S/C22H22N2O4/c1-3-24(4-2)11-15-8-20-21(27-12-26-20)9-16(15)18-7-14-5-6-19-22(28-13-25-19)17(14)10-23-18/h5-10H,3-4,11-13H2,1-2H3. The molecule has 5 rings (SSSR count). The van der Waals surface area contributed by atoms with E-state index in [-0.39, 0.29) is 13.6 Å². The first-order chi connectivity index (χ1) is 13.8. The SMILES string of the molecule is CCN(CC)Cc1cc2c(cc1-c1cc3ccc4c(c3cn1)OCO4)OCO2. The zero-order valence-corrected chi connectivity index (χ0v) is 16.0. The van der Waals surface area contributed by atoms with Gasteiger partial charge in [0.1, 0.15) is 0 Å². The number of nitrogens with zero attached hydrogens (tertiary/aromatic N) is 2. The Kier molecular flexibility index (Phi) is 4.20. The maximum atomic E-state index is 5.62. The second-order valence-electron chi connectivity index (χ2n) is 6.91. The van der Waals surface area contributed by atoms with Gasteiger partial charge in [-0.15, -0.1) is 0 Å². The van der Waals surface area contributed by atoms with Crippen LogP contribution in [0.25, 0.3) is 22.0 Å². The van der Waals surface area contributed by atoms with Gasteiger partial charge in [-0.25, -0.2) is 0 Å². The molecule has 2 aliphatic rings. The highest BCUT2D eigenvalue weighted by atomic mass is 16.7. The number of aromatic nitrogens is 1. The van der Waals surface area contributed by atoms with Gasteiger partial charge in [-0.1, -0.05) is 19.9 Å². The summed E-state index contributed by atoms with van der Waals surface area (Å²) in [7, 11) is 0. The summed E-state index contributed by atoms with van der Waals surface area (Å²) in [6.07, 6.45) is 1.87. The Morgan fingerprint density at radius 2 is 1.64 bits per heavy atom. The number of rotatable bonds is 5. The van der Waals surface area contributed by atoms with E-state index in [1.54, 1.807) is 0 Å². The maximum Gasteiger partial charge on any atom is 0.231 e. The second kappa shape index (κ2) is 6.87. The van der Waals surface area contributed by atoms with Gasteiger partial charge in [0, 0.05) is 23.7 Å². The Balaban J connectivity index is 1.62. The van der Waals surface area contributed by atoms with Crippen LogP contribution in [0.3, 0.4) is 0 Å². The molecule has 0 aliphatic carbocycles. The molecule has 144 valence electrons. The fourth-order valence-corrected chi connectivity index (χ4v) is 3.78. The molecule has 0 unspecified atom stereocenters.